The minimum atomic E-state index is -0.0313. The SMILES string of the molecule is Cc1cc(Cl)ccc1OCCCC(=O)NCc1cccc(CNC(=O)CCCOc2ccc(Cl)cc2C)c1. The summed E-state index contributed by atoms with van der Waals surface area (Å²) >= 11 is 11.9. The summed E-state index contributed by atoms with van der Waals surface area (Å²) in [5.74, 6) is 1.49. The zero-order chi connectivity index (χ0) is 27.3. The van der Waals surface area contributed by atoms with Crippen molar-refractivity contribution in [2.24, 2.45) is 0 Å². The van der Waals surface area contributed by atoms with Gasteiger partial charge in [0, 0.05) is 36.0 Å². The van der Waals surface area contributed by atoms with Crippen LogP contribution in [0, 0.1) is 13.8 Å². The van der Waals surface area contributed by atoms with E-state index in [0.717, 1.165) is 33.8 Å². The van der Waals surface area contributed by atoms with Crippen LogP contribution in [0.25, 0.3) is 0 Å². The van der Waals surface area contributed by atoms with Gasteiger partial charge >= 0.3 is 0 Å². The Hall–Kier alpha value is -3.22. The molecule has 3 aromatic rings. The van der Waals surface area contributed by atoms with Crippen LogP contribution in [0.3, 0.4) is 0 Å². The van der Waals surface area contributed by atoms with Crippen molar-refractivity contribution in [3.8, 4) is 11.5 Å². The number of carbonyl (C=O) groups excluding carboxylic acids is 2. The van der Waals surface area contributed by atoms with Gasteiger partial charge in [0.15, 0.2) is 0 Å². The fourth-order valence-electron chi connectivity index (χ4n) is 3.81. The van der Waals surface area contributed by atoms with E-state index >= 15 is 0 Å². The molecule has 0 aliphatic rings. The van der Waals surface area contributed by atoms with Crippen LogP contribution in [0.2, 0.25) is 10.0 Å². The molecular weight excluding hydrogens is 523 g/mol. The van der Waals surface area contributed by atoms with Gasteiger partial charge in [-0.1, -0.05) is 47.5 Å². The maximum atomic E-state index is 12.2. The number of benzene rings is 3. The fraction of sp³-hybridized carbons (Fsp3) is 0.333. The molecule has 3 aromatic carbocycles. The molecule has 2 amide bonds. The van der Waals surface area contributed by atoms with Gasteiger partial charge in [-0.2, -0.15) is 0 Å². The molecule has 202 valence electrons. The lowest BCUT2D eigenvalue weighted by Gasteiger charge is -2.11. The average molecular weight is 558 g/mol. The van der Waals surface area contributed by atoms with Crippen LogP contribution in [0.5, 0.6) is 11.5 Å². The Balaban J connectivity index is 1.30. The van der Waals surface area contributed by atoms with Gasteiger partial charge in [-0.05, 0) is 85.3 Å². The zero-order valence-electron chi connectivity index (χ0n) is 21.8. The third-order valence-electron chi connectivity index (χ3n) is 5.86. The number of rotatable bonds is 14. The molecule has 0 atom stereocenters. The minimum Gasteiger partial charge on any atom is -0.493 e. The molecular formula is C30H34Cl2N2O4. The second kappa shape index (κ2) is 15.3. The fourth-order valence-corrected chi connectivity index (χ4v) is 4.26. The lowest BCUT2D eigenvalue weighted by molar-refractivity contribution is -0.122. The van der Waals surface area contributed by atoms with E-state index in [2.05, 4.69) is 10.6 Å². The van der Waals surface area contributed by atoms with Crippen molar-refractivity contribution < 1.29 is 19.1 Å². The molecule has 0 radical (unpaired) electrons. The number of amides is 2. The second-order valence-electron chi connectivity index (χ2n) is 9.10. The molecule has 0 bridgehead atoms. The van der Waals surface area contributed by atoms with Gasteiger partial charge in [-0.15, -0.1) is 0 Å². The molecule has 8 heteroatoms. The van der Waals surface area contributed by atoms with E-state index in [9.17, 15) is 9.59 Å². The van der Waals surface area contributed by atoms with E-state index in [-0.39, 0.29) is 11.8 Å². The third-order valence-corrected chi connectivity index (χ3v) is 6.33. The van der Waals surface area contributed by atoms with Crippen LogP contribution < -0.4 is 20.1 Å². The van der Waals surface area contributed by atoms with Crippen LogP contribution in [0.1, 0.15) is 47.9 Å². The highest BCUT2D eigenvalue weighted by atomic mass is 35.5. The number of nitrogens with one attached hydrogen (secondary N) is 2. The highest BCUT2D eigenvalue weighted by Gasteiger charge is 2.06. The van der Waals surface area contributed by atoms with Gasteiger partial charge in [0.2, 0.25) is 11.8 Å². The van der Waals surface area contributed by atoms with E-state index in [1.807, 2.05) is 62.4 Å². The standard InChI is InChI=1S/C30H34Cl2N2O4/c1-21-16-25(31)10-12-27(21)37-14-4-8-29(35)33-19-23-6-3-7-24(18-23)20-34-30(36)9-5-15-38-28-13-11-26(32)17-22(28)2/h3,6-7,10-13,16-18H,4-5,8-9,14-15,19-20H2,1-2H3,(H,33,35)(H,34,36). The summed E-state index contributed by atoms with van der Waals surface area (Å²) in [6.07, 6.45) is 1.99. The van der Waals surface area contributed by atoms with Crippen molar-refractivity contribution in [1.29, 1.82) is 0 Å². The average Bonchev–Trinajstić information content (AvgIpc) is 2.89. The Morgan fingerprint density at radius 1 is 0.684 bits per heavy atom. The summed E-state index contributed by atoms with van der Waals surface area (Å²) in [5.41, 5.74) is 3.89. The summed E-state index contributed by atoms with van der Waals surface area (Å²) in [6, 6.07) is 18.8. The Morgan fingerprint density at radius 3 is 1.55 bits per heavy atom. The van der Waals surface area contributed by atoms with Crippen molar-refractivity contribution in [3.05, 3.63) is 93.0 Å². The summed E-state index contributed by atoms with van der Waals surface area (Å²) in [6.45, 7) is 5.65. The molecule has 3 rings (SSSR count). The quantitative estimate of drug-likeness (QED) is 0.220. The van der Waals surface area contributed by atoms with Crippen molar-refractivity contribution in [2.75, 3.05) is 13.2 Å². The molecule has 2 N–H and O–H groups in total. The first kappa shape index (κ1) is 29.3. The Bertz CT molecular complexity index is 1140. The largest absolute Gasteiger partial charge is 0.493 e. The predicted octanol–water partition coefficient (Wildman–Crippen LogP) is 6.56. The molecule has 0 unspecified atom stereocenters. The first-order valence-corrected chi connectivity index (χ1v) is 13.4. The Morgan fingerprint density at radius 2 is 1.13 bits per heavy atom. The van der Waals surface area contributed by atoms with Gasteiger partial charge in [-0.3, -0.25) is 9.59 Å². The van der Waals surface area contributed by atoms with Gasteiger partial charge in [0.05, 0.1) is 13.2 Å². The van der Waals surface area contributed by atoms with E-state index < -0.39 is 0 Å². The summed E-state index contributed by atoms with van der Waals surface area (Å²) in [4.78, 5) is 24.5. The molecule has 6 nitrogen and oxygen atoms in total. The van der Waals surface area contributed by atoms with Crippen LogP contribution in [0.4, 0.5) is 0 Å². The van der Waals surface area contributed by atoms with Crippen molar-refractivity contribution in [1.82, 2.24) is 10.6 Å². The van der Waals surface area contributed by atoms with Crippen LogP contribution >= 0.6 is 23.2 Å². The topological polar surface area (TPSA) is 76.7 Å². The number of carbonyl (C=O) groups is 2. The van der Waals surface area contributed by atoms with Gasteiger partial charge in [0.25, 0.3) is 0 Å². The maximum Gasteiger partial charge on any atom is 0.220 e. The molecule has 0 heterocycles. The molecule has 38 heavy (non-hydrogen) atoms. The smallest absolute Gasteiger partial charge is 0.220 e. The number of hydrogen-bond acceptors (Lipinski definition) is 4. The third kappa shape index (κ3) is 10.3. The zero-order valence-corrected chi connectivity index (χ0v) is 23.3. The van der Waals surface area contributed by atoms with Crippen molar-refractivity contribution >= 4 is 35.0 Å². The highest BCUT2D eigenvalue weighted by molar-refractivity contribution is 6.31. The molecule has 0 aromatic heterocycles. The van der Waals surface area contributed by atoms with Gasteiger partial charge in [0.1, 0.15) is 11.5 Å². The predicted molar refractivity (Wildman–Crippen MR) is 152 cm³/mol. The molecule has 0 aliphatic carbocycles. The lowest BCUT2D eigenvalue weighted by Crippen LogP contribution is -2.24. The second-order valence-corrected chi connectivity index (χ2v) is 9.97. The summed E-state index contributed by atoms with van der Waals surface area (Å²) < 4.78 is 11.5. The first-order valence-electron chi connectivity index (χ1n) is 12.7. The van der Waals surface area contributed by atoms with Crippen molar-refractivity contribution in [3.63, 3.8) is 0 Å². The molecule has 0 fully saturated rings. The minimum absolute atomic E-state index is 0.0313. The lowest BCUT2D eigenvalue weighted by atomic mass is 10.1. The van der Waals surface area contributed by atoms with Gasteiger partial charge in [-0.25, -0.2) is 0 Å². The number of hydrogen-bond donors (Lipinski definition) is 2. The summed E-state index contributed by atoms with van der Waals surface area (Å²) in [7, 11) is 0. The monoisotopic (exact) mass is 556 g/mol. The van der Waals surface area contributed by atoms with E-state index in [0.29, 0.717) is 62.0 Å². The Labute approximate surface area is 234 Å². The molecule has 0 aliphatic heterocycles. The normalized spacial score (nSPS) is 10.6. The molecule has 0 spiro atoms. The Kier molecular flexibility index (Phi) is 11.8. The van der Waals surface area contributed by atoms with E-state index in [1.54, 1.807) is 12.1 Å². The van der Waals surface area contributed by atoms with Crippen LogP contribution in [-0.2, 0) is 22.7 Å². The molecule has 0 saturated carbocycles. The maximum absolute atomic E-state index is 12.2. The highest BCUT2D eigenvalue weighted by Crippen LogP contribution is 2.23. The van der Waals surface area contributed by atoms with E-state index in [4.69, 9.17) is 32.7 Å². The van der Waals surface area contributed by atoms with Crippen LogP contribution in [0.15, 0.2) is 60.7 Å². The number of aryl methyl sites for hydroxylation is 2. The molecule has 0 saturated heterocycles. The van der Waals surface area contributed by atoms with Gasteiger partial charge < -0.3 is 20.1 Å². The van der Waals surface area contributed by atoms with Crippen molar-refractivity contribution in [2.45, 2.75) is 52.6 Å². The first-order chi connectivity index (χ1) is 18.3. The summed E-state index contributed by atoms with van der Waals surface area (Å²) in [5, 5.41) is 7.23. The number of ether oxygens (including phenoxy) is 2. The van der Waals surface area contributed by atoms with Crippen LogP contribution in [-0.4, -0.2) is 25.0 Å². The number of halogens is 2. The van der Waals surface area contributed by atoms with E-state index in [1.165, 1.54) is 0 Å².